The Morgan fingerprint density at radius 3 is 2.56 bits per heavy atom. The fraction of sp³-hybridized carbons (Fsp3) is 0.333. The number of thiol groups is 1. The van der Waals surface area contributed by atoms with Crippen molar-refractivity contribution in [2.75, 3.05) is 19.4 Å². The van der Waals surface area contributed by atoms with Gasteiger partial charge in [0.1, 0.15) is 23.3 Å². The summed E-state index contributed by atoms with van der Waals surface area (Å²) in [5.41, 5.74) is 2.38. The first-order valence-corrected chi connectivity index (χ1v) is 9.80. The van der Waals surface area contributed by atoms with E-state index < -0.39 is 23.8 Å². The topological polar surface area (TPSA) is 97.4 Å². The smallest absolute Gasteiger partial charge is 0.325 e. The maximum absolute atomic E-state index is 12.4. The zero-order chi connectivity index (χ0) is 19.8. The van der Waals surface area contributed by atoms with Gasteiger partial charge in [0.2, 0.25) is 5.91 Å². The van der Waals surface area contributed by atoms with Gasteiger partial charge < -0.3 is 15.4 Å². The molecule has 1 aromatic heterocycles. The van der Waals surface area contributed by atoms with Gasteiger partial charge in [0, 0.05) is 16.7 Å². The average molecular weight is 408 g/mol. The summed E-state index contributed by atoms with van der Waals surface area (Å²) < 4.78 is 4.45. The first kappa shape index (κ1) is 20.9. The third kappa shape index (κ3) is 5.80. The number of carbonyl (C=O) groups is 3. The van der Waals surface area contributed by atoms with Gasteiger partial charge in [-0.2, -0.15) is 12.6 Å². The average Bonchev–Trinajstić information content (AvgIpc) is 3.20. The molecule has 1 unspecified atom stereocenters. The van der Waals surface area contributed by atoms with E-state index in [9.17, 15) is 14.4 Å². The van der Waals surface area contributed by atoms with Gasteiger partial charge in [0.15, 0.2) is 0 Å². The monoisotopic (exact) mass is 407 g/mol. The standard InChI is InChI=1S/C18H21N3O4S2/c1-3-11-4-6-12(7-5-11)18-21-14(10-27-18)17(24)20-13(9-26)16(23)19-8-15(22)25-2/h4-7,10,13,26H,3,8-9H2,1-2H3,(H,19,23)(H,20,24). The highest BCUT2D eigenvalue weighted by Gasteiger charge is 2.22. The van der Waals surface area contributed by atoms with Crippen LogP contribution in [0.5, 0.6) is 0 Å². The van der Waals surface area contributed by atoms with Gasteiger partial charge in [-0.15, -0.1) is 11.3 Å². The molecule has 1 aromatic carbocycles. The van der Waals surface area contributed by atoms with E-state index in [1.165, 1.54) is 24.0 Å². The number of aryl methyl sites for hydroxylation is 1. The molecule has 0 aliphatic heterocycles. The molecule has 0 saturated carbocycles. The molecule has 0 aliphatic carbocycles. The Morgan fingerprint density at radius 1 is 1.26 bits per heavy atom. The van der Waals surface area contributed by atoms with Crippen molar-refractivity contribution in [1.29, 1.82) is 0 Å². The Labute approximate surface area is 166 Å². The highest BCUT2D eigenvalue weighted by Crippen LogP contribution is 2.24. The van der Waals surface area contributed by atoms with Gasteiger partial charge >= 0.3 is 5.97 Å². The first-order valence-electron chi connectivity index (χ1n) is 8.29. The number of ether oxygens (including phenoxy) is 1. The number of nitrogens with zero attached hydrogens (tertiary/aromatic N) is 1. The molecule has 144 valence electrons. The summed E-state index contributed by atoms with van der Waals surface area (Å²) in [6.07, 6.45) is 0.953. The van der Waals surface area contributed by atoms with Crippen LogP contribution in [0.1, 0.15) is 23.0 Å². The summed E-state index contributed by atoms with van der Waals surface area (Å²) in [6.45, 7) is 1.81. The van der Waals surface area contributed by atoms with Crippen molar-refractivity contribution >= 4 is 41.7 Å². The zero-order valence-electron chi connectivity index (χ0n) is 15.0. The predicted molar refractivity (Wildman–Crippen MR) is 107 cm³/mol. The molecule has 0 fully saturated rings. The molecule has 0 spiro atoms. The van der Waals surface area contributed by atoms with E-state index in [-0.39, 0.29) is 18.0 Å². The van der Waals surface area contributed by atoms with Crippen molar-refractivity contribution in [2.45, 2.75) is 19.4 Å². The predicted octanol–water partition coefficient (Wildman–Crippen LogP) is 1.69. The third-order valence-electron chi connectivity index (χ3n) is 3.78. The van der Waals surface area contributed by atoms with Crippen LogP contribution in [0, 0.1) is 0 Å². The van der Waals surface area contributed by atoms with Crippen LogP contribution in [0.4, 0.5) is 0 Å². The van der Waals surface area contributed by atoms with E-state index in [4.69, 9.17) is 0 Å². The molecule has 2 amide bonds. The second-order valence-corrected chi connectivity index (χ2v) is 6.81. The number of methoxy groups -OCH3 is 1. The van der Waals surface area contributed by atoms with Crippen LogP contribution in [0.15, 0.2) is 29.6 Å². The number of amides is 2. The Balaban J connectivity index is 2.01. The Bertz CT molecular complexity index is 805. The van der Waals surface area contributed by atoms with Crippen molar-refractivity contribution in [3.63, 3.8) is 0 Å². The fourth-order valence-corrected chi connectivity index (χ4v) is 3.24. The molecule has 0 aliphatic rings. The number of aromatic nitrogens is 1. The van der Waals surface area contributed by atoms with E-state index in [1.807, 2.05) is 24.3 Å². The van der Waals surface area contributed by atoms with Crippen molar-refractivity contribution in [3.05, 3.63) is 40.9 Å². The molecule has 1 heterocycles. The quantitative estimate of drug-likeness (QED) is 0.457. The number of thiazole rings is 1. The summed E-state index contributed by atoms with van der Waals surface area (Å²) in [5.74, 6) is -1.50. The number of hydrogen-bond donors (Lipinski definition) is 3. The number of benzene rings is 1. The molecule has 2 rings (SSSR count). The zero-order valence-corrected chi connectivity index (χ0v) is 16.7. The maximum atomic E-state index is 12.4. The van der Waals surface area contributed by atoms with E-state index in [0.29, 0.717) is 0 Å². The molecule has 7 nitrogen and oxygen atoms in total. The number of carbonyl (C=O) groups excluding carboxylic acids is 3. The molecular weight excluding hydrogens is 386 g/mol. The van der Waals surface area contributed by atoms with Crippen molar-refractivity contribution in [1.82, 2.24) is 15.6 Å². The molecule has 0 bridgehead atoms. The molecule has 0 saturated heterocycles. The van der Waals surface area contributed by atoms with Gasteiger partial charge in [-0.1, -0.05) is 31.2 Å². The van der Waals surface area contributed by atoms with Crippen LogP contribution in [-0.2, 0) is 20.7 Å². The summed E-state index contributed by atoms with van der Waals surface area (Å²) in [5, 5.41) is 7.32. The Morgan fingerprint density at radius 2 is 1.96 bits per heavy atom. The number of esters is 1. The third-order valence-corrected chi connectivity index (χ3v) is 5.04. The van der Waals surface area contributed by atoms with Crippen LogP contribution in [0.3, 0.4) is 0 Å². The Hall–Kier alpha value is -2.39. The van der Waals surface area contributed by atoms with Gasteiger partial charge in [-0.05, 0) is 12.0 Å². The van der Waals surface area contributed by atoms with Gasteiger partial charge in [0.25, 0.3) is 5.91 Å². The number of nitrogens with one attached hydrogen (secondary N) is 2. The fourth-order valence-electron chi connectivity index (χ4n) is 2.17. The lowest BCUT2D eigenvalue weighted by Gasteiger charge is -2.15. The van der Waals surface area contributed by atoms with Crippen LogP contribution >= 0.6 is 24.0 Å². The molecule has 9 heteroatoms. The largest absolute Gasteiger partial charge is 0.468 e. The van der Waals surface area contributed by atoms with Crippen LogP contribution < -0.4 is 10.6 Å². The van der Waals surface area contributed by atoms with Crippen LogP contribution in [-0.4, -0.2) is 48.2 Å². The minimum atomic E-state index is -0.889. The minimum Gasteiger partial charge on any atom is -0.468 e. The molecule has 0 radical (unpaired) electrons. The maximum Gasteiger partial charge on any atom is 0.325 e. The summed E-state index contributed by atoms with van der Waals surface area (Å²) in [6, 6.07) is 7.10. The Kier molecular flexibility index (Phi) is 7.81. The summed E-state index contributed by atoms with van der Waals surface area (Å²) in [4.78, 5) is 39.9. The highest BCUT2D eigenvalue weighted by molar-refractivity contribution is 7.80. The lowest BCUT2D eigenvalue weighted by molar-refractivity contribution is -0.141. The summed E-state index contributed by atoms with van der Waals surface area (Å²) >= 11 is 5.43. The minimum absolute atomic E-state index is 0.0776. The van der Waals surface area contributed by atoms with Gasteiger partial charge in [0.05, 0.1) is 7.11 Å². The molecule has 2 N–H and O–H groups in total. The molecule has 27 heavy (non-hydrogen) atoms. The van der Waals surface area contributed by atoms with E-state index in [0.717, 1.165) is 17.0 Å². The number of hydrogen-bond acceptors (Lipinski definition) is 7. The second kappa shape index (κ2) is 10.1. The highest BCUT2D eigenvalue weighted by atomic mass is 32.1. The molecular formula is C18H21N3O4S2. The van der Waals surface area contributed by atoms with E-state index in [1.54, 1.807) is 5.38 Å². The molecule has 2 aromatic rings. The number of rotatable bonds is 8. The molecule has 1 atom stereocenters. The van der Waals surface area contributed by atoms with Gasteiger partial charge in [-0.25, -0.2) is 4.98 Å². The van der Waals surface area contributed by atoms with Crippen molar-refractivity contribution in [3.8, 4) is 10.6 Å². The summed E-state index contributed by atoms with van der Waals surface area (Å²) in [7, 11) is 1.22. The van der Waals surface area contributed by atoms with Crippen molar-refractivity contribution in [2.24, 2.45) is 0 Å². The first-order chi connectivity index (χ1) is 13.0. The second-order valence-electron chi connectivity index (χ2n) is 5.59. The van der Waals surface area contributed by atoms with Crippen LogP contribution in [0.25, 0.3) is 10.6 Å². The lowest BCUT2D eigenvalue weighted by atomic mass is 10.1. The van der Waals surface area contributed by atoms with Crippen molar-refractivity contribution < 1.29 is 19.1 Å². The lowest BCUT2D eigenvalue weighted by Crippen LogP contribution is -2.49. The van der Waals surface area contributed by atoms with Gasteiger partial charge in [-0.3, -0.25) is 14.4 Å². The normalized spacial score (nSPS) is 11.5. The van der Waals surface area contributed by atoms with E-state index >= 15 is 0 Å². The SMILES string of the molecule is CCc1ccc(-c2nc(C(=O)NC(CS)C(=O)NCC(=O)OC)cs2)cc1. The van der Waals surface area contributed by atoms with E-state index in [2.05, 4.69) is 39.9 Å². The van der Waals surface area contributed by atoms with Crippen LogP contribution in [0.2, 0.25) is 0 Å².